The second kappa shape index (κ2) is 5.21. The number of hydrogen-bond donors (Lipinski definition) is 1. The van der Waals surface area contributed by atoms with Crippen molar-refractivity contribution in [1.29, 1.82) is 0 Å². The first-order valence-corrected chi connectivity index (χ1v) is 5.45. The van der Waals surface area contributed by atoms with E-state index in [0.717, 1.165) is 11.1 Å². The summed E-state index contributed by atoms with van der Waals surface area (Å²) in [6.45, 7) is 3.69. The highest BCUT2D eigenvalue weighted by Crippen LogP contribution is 2.33. The maximum absolute atomic E-state index is 11.0. The van der Waals surface area contributed by atoms with Crippen molar-refractivity contribution in [3.63, 3.8) is 0 Å². The molecule has 0 fully saturated rings. The quantitative estimate of drug-likeness (QED) is 0.882. The molecule has 1 atom stereocenters. The molecule has 1 N–H and O–H groups in total. The highest BCUT2D eigenvalue weighted by molar-refractivity contribution is 6.32. The third-order valence-corrected chi connectivity index (χ3v) is 2.85. The predicted molar refractivity (Wildman–Crippen MR) is 63.4 cm³/mol. The minimum Gasteiger partial charge on any atom is -0.495 e. The summed E-state index contributed by atoms with van der Waals surface area (Å²) >= 11 is 6.02. The van der Waals surface area contributed by atoms with Gasteiger partial charge in [0.2, 0.25) is 0 Å². The number of halogens is 1. The summed E-state index contributed by atoms with van der Waals surface area (Å²) in [5, 5.41) is 9.52. The van der Waals surface area contributed by atoms with Gasteiger partial charge < -0.3 is 9.84 Å². The Morgan fingerprint density at radius 2 is 2.19 bits per heavy atom. The summed E-state index contributed by atoms with van der Waals surface area (Å²) in [4.78, 5) is 11.0. The molecule has 0 saturated heterocycles. The van der Waals surface area contributed by atoms with E-state index in [2.05, 4.69) is 0 Å². The lowest BCUT2D eigenvalue weighted by molar-refractivity contribution is -0.138. The molecule has 0 saturated carbocycles. The molecule has 88 valence electrons. The average molecular weight is 243 g/mol. The van der Waals surface area contributed by atoms with Crippen LogP contribution < -0.4 is 4.74 Å². The Kier molecular flexibility index (Phi) is 4.19. The summed E-state index contributed by atoms with van der Waals surface area (Å²) in [7, 11) is 1.54. The van der Waals surface area contributed by atoms with Crippen LogP contribution >= 0.6 is 11.6 Å². The molecule has 1 aromatic rings. The first kappa shape index (κ1) is 12.8. The Hall–Kier alpha value is -1.22. The van der Waals surface area contributed by atoms with E-state index in [-0.39, 0.29) is 0 Å². The summed E-state index contributed by atoms with van der Waals surface area (Å²) in [5.74, 6) is -0.740. The van der Waals surface area contributed by atoms with Crippen molar-refractivity contribution < 1.29 is 14.6 Å². The maximum atomic E-state index is 11.0. The van der Waals surface area contributed by atoms with Crippen LogP contribution in [0.1, 0.15) is 30.4 Å². The Balaban J connectivity index is 3.21. The van der Waals surface area contributed by atoms with Gasteiger partial charge in [0.1, 0.15) is 5.75 Å². The summed E-state index contributed by atoms with van der Waals surface area (Å²) in [5.41, 5.74) is 1.57. The van der Waals surface area contributed by atoms with E-state index in [1.165, 1.54) is 0 Å². The van der Waals surface area contributed by atoms with Crippen molar-refractivity contribution in [3.05, 3.63) is 28.3 Å². The van der Waals surface area contributed by atoms with Gasteiger partial charge in [-0.2, -0.15) is 0 Å². The number of methoxy groups -OCH3 is 1. The summed E-state index contributed by atoms with van der Waals surface area (Å²) in [6, 6.07) is 3.47. The monoisotopic (exact) mass is 242 g/mol. The first-order chi connectivity index (χ1) is 7.51. The number of aliphatic carboxylic acids is 1. The molecule has 0 amide bonds. The van der Waals surface area contributed by atoms with E-state index in [0.29, 0.717) is 17.2 Å². The third-order valence-electron chi connectivity index (χ3n) is 2.56. The lowest BCUT2D eigenvalue weighted by atomic mass is 9.95. The molecule has 0 aliphatic rings. The number of rotatable bonds is 4. The minimum atomic E-state index is -0.830. The van der Waals surface area contributed by atoms with Crippen LogP contribution in [0, 0.1) is 6.92 Å². The van der Waals surface area contributed by atoms with Gasteiger partial charge in [0.25, 0.3) is 0 Å². The molecule has 0 aliphatic heterocycles. The van der Waals surface area contributed by atoms with Gasteiger partial charge in [-0.15, -0.1) is 0 Å². The van der Waals surface area contributed by atoms with E-state index in [9.17, 15) is 4.79 Å². The molecular weight excluding hydrogens is 228 g/mol. The third kappa shape index (κ3) is 2.47. The van der Waals surface area contributed by atoms with E-state index in [1.54, 1.807) is 13.2 Å². The van der Waals surface area contributed by atoms with E-state index >= 15 is 0 Å². The molecule has 0 spiro atoms. The Labute approximate surface area is 100.0 Å². The van der Waals surface area contributed by atoms with Crippen molar-refractivity contribution in [1.82, 2.24) is 0 Å². The molecule has 0 radical (unpaired) electrons. The minimum absolute atomic E-state index is 0.456. The van der Waals surface area contributed by atoms with Gasteiger partial charge in [0.15, 0.2) is 0 Å². The predicted octanol–water partition coefficient (Wildman–Crippen LogP) is 3.24. The van der Waals surface area contributed by atoms with Crippen molar-refractivity contribution in [2.75, 3.05) is 7.11 Å². The number of carboxylic acid groups (broad SMARTS) is 1. The SMILES string of the molecule is CCC(C(=O)O)c1cc(C)c(OC)c(Cl)c1. The fraction of sp³-hybridized carbons (Fsp3) is 0.417. The average Bonchev–Trinajstić information content (AvgIpc) is 2.17. The molecule has 3 nitrogen and oxygen atoms in total. The van der Waals surface area contributed by atoms with E-state index < -0.39 is 11.9 Å². The fourth-order valence-electron chi connectivity index (χ4n) is 1.77. The molecule has 4 heteroatoms. The molecule has 0 bridgehead atoms. The Morgan fingerprint density at radius 3 is 2.56 bits per heavy atom. The van der Waals surface area contributed by atoms with Crippen LogP contribution in [0.15, 0.2) is 12.1 Å². The molecule has 1 unspecified atom stereocenters. The second-order valence-electron chi connectivity index (χ2n) is 3.65. The van der Waals surface area contributed by atoms with Crippen molar-refractivity contribution in [2.45, 2.75) is 26.2 Å². The van der Waals surface area contributed by atoms with Crippen LogP contribution in [-0.2, 0) is 4.79 Å². The first-order valence-electron chi connectivity index (χ1n) is 5.08. The second-order valence-corrected chi connectivity index (χ2v) is 4.06. The number of benzene rings is 1. The van der Waals surface area contributed by atoms with Crippen molar-refractivity contribution in [3.8, 4) is 5.75 Å². The highest BCUT2D eigenvalue weighted by atomic mass is 35.5. The lowest BCUT2D eigenvalue weighted by Crippen LogP contribution is -2.10. The standard InChI is InChI=1S/C12H15ClO3/c1-4-9(12(14)15)8-5-7(2)11(16-3)10(13)6-8/h5-6,9H,4H2,1-3H3,(H,14,15). The van der Waals surface area contributed by atoms with E-state index in [1.807, 2.05) is 19.9 Å². The van der Waals surface area contributed by atoms with Crippen LogP contribution in [0.2, 0.25) is 5.02 Å². The maximum Gasteiger partial charge on any atom is 0.310 e. The van der Waals surface area contributed by atoms with Crippen molar-refractivity contribution >= 4 is 17.6 Å². The summed E-state index contributed by atoms with van der Waals surface area (Å²) in [6.07, 6.45) is 0.539. The fourth-order valence-corrected chi connectivity index (χ4v) is 2.12. The van der Waals surface area contributed by atoms with Gasteiger partial charge >= 0.3 is 5.97 Å². The smallest absolute Gasteiger partial charge is 0.310 e. The number of aryl methyl sites for hydroxylation is 1. The number of carboxylic acids is 1. The number of ether oxygens (including phenoxy) is 1. The summed E-state index contributed by atoms with van der Waals surface area (Å²) < 4.78 is 5.13. The number of hydrogen-bond acceptors (Lipinski definition) is 2. The number of carbonyl (C=O) groups is 1. The van der Waals surface area contributed by atoms with Gasteiger partial charge in [-0.1, -0.05) is 24.6 Å². The Morgan fingerprint density at radius 1 is 1.56 bits per heavy atom. The van der Waals surface area contributed by atoms with Gasteiger partial charge in [-0.05, 0) is 30.5 Å². The molecule has 16 heavy (non-hydrogen) atoms. The van der Waals surface area contributed by atoms with Crippen molar-refractivity contribution in [2.24, 2.45) is 0 Å². The normalized spacial score (nSPS) is 12.2. The topological polar surface area (TPSA) is 46.5 Å². The molecule has 1 aromatic carbocycles. The zero-order valence-electron chi connectivity index (χ0n) is 9.58. The van der Waals surface area contributed by atoms with Gasteiger partial charge in [-0.25, -0.2) is 0 Å². The van der Waals surface area contributed by atoms with Gasteiger partial charge in [0, 0.05) is 0 Å². The molecule has 0 aromatic heterocycles. The largest absolute Gasteiger partial charge is 0.495 e. The van der Waals surface area contributed by atoms with Gasteiger partial charge in [-0.3, -0.25) is 4.79 Å². The van der Waals surface area contributed by atoms with Gasteiger partial charge in [0.05, 0.1) is 18.1 Å². The molecular formula is C12H15ClO3. The van der Waals surface area contributed by atoms with Crippen LogP contribution in [0.3, 0.4) is 0 Å². The van der Waals surface area contributed by atoms with Crippen LogP contribution in [0.25, 0.3) is 0 Å². The van der Waals surface area contributed by atoms with Crippen LogP contribution in [0.5, 0.6) is 5.75 Å². The lowest BCUT2D eigenvalue weighted by Gasteiger charge is -2.14. The zero-order chi connectivity index (χ0) is 12.3. The molecule has 0 heterocycles. The van der Waals surface area contributed by atoms with E-state index in [4.69, 9.17) is 21.4 Å². The molecule has 0 aliphatic carbocycles. The zero-order valence-corrected chi connectivity index (χ0v) is 10.3. The van der Waals surface area contributed by atoms with Crippen LogP contribution in [0.4, 0.5) is 0 Å². The molecule has 1 rings (SSSR count). The highest BCUT2D eigenvalue weighted by Gasteiger charge is 2.19. The Bertz CT molecular complexity index is 378. The van der Waals surface area contributed by atoms with Crippen LogP contribution in [-0.4, -0.2) is 18.2 Å².